The number of nitrogen functional groups attached to an aromatic ring is 1. The summed E-state index contributed by atoms with van der Waals surface area (Å²) in [5, 5.41) is 5.45. The van der Waals surface area contributed by atoms with E-state index in [1.165, 1.54) is 16.9 Å². The van der Waals surface area contributed by atoms with E-state index in [0.717, 1.165) is 23.1 Å². The van der Waals surface area contributed by atoms with Crippen molar-refractivity contribution >= 4 is 22.2 Å². The lowest BCUT2D eigenvalue weighted by molar-refractivity contribution is 0.0955. The van der Waals surface area contributed by atoms with Gasteiger partial charge in [-0.3, -0.25) is 4.79 Å². The van der Waals surface area contributed by atoms with Crippen molar-refractivity contribution in [2.24, 2.45) is 0 Å². The Bertz CT molecular complexity index is 631. The molecule has 0 fully saturated rings. The molecule has 2 aromatic rings. The Morgan fingerprint density at radius 2 is 2.05 bits per heavy atom. The van der Waals surface area contributed by atoms with Gasteiger partial charge in [0, 0.05) is 17.5 Å². The molecule has 1 aromatic heterocycles. The molecule has 0 saturated carbocycles. The molecule has 3 N–H and O–H groups in total. The van der Waals surface area contributed by atoms with Gasteiger partial charge in [-0.1, -0.05) is 30.7 Å². The van der Waals surface area contributed by atoms with Gasteiger partial charge in [0.1, 0.15) is 0 Å². The van der Waals surface area contributed by atoms with Crippen molar-refractivity contribution in [1.82, 2.24) is 5.32 Å². The van der Waals surface area contributed by atoms with E-state index >= 15 is 0 Å². The molecule has 0 radical (unpaired) electrons. The molecule has 0 aliphatic carbocycles. The highest BCUT2D eigenvalue weighted by atomic mass is 32.1. The number of thiophene rings is 1. The smallest absolute Gasteiger partial charge is 0.254 e. The van der Waals surface area contributed by atoms with Crippen molar-refractivity contribution in [2.75, 3.05) is 12.3 Å². The van der Waals surface area contributed by atoms with E-state index in [2.05, 4.69) is 37.4 Å². The molecule has 1 heterocycles. The van der Waals surface area contributed by atoms with Crippen molar-refractivity contribution in [2.45, 2.75) is 27.2 Å². The lowest BCUT2D eigenvalue weighted by Crippen LogP contribution is -2.24. The topological polar surface area (TPSA) is 55.1 Å². The Morgan fingerprint density at radius 1 is 1.30 bits per heavy atom. The number of hydrogen-bond donors (Lipinski definition) is 2. The van der Waals surface area contributed by atoms with Crippen molar-refractivity contribution in [3.63, 3.8) is 0 Å². The van der Waals surface area contributed by atoms with Crippen LogP contribution >= 0.6 is 11.3 Å². The van der Waals surface area contributed by atoms with Gasteiger partial charge in [-0.15, -0.1) is 11.3 Å². The monoisotopic (exact) mass is 288 g/mol. The molecule has 0 aliphatic rings. The molecule has 1 amide bonds. The molecule has 0 aliphatic heterocycles. The number of aryl methyl sites for hydroxylation is 2. The molecule has 20 heavy (non-hydrogen) atoms. The van der Waals surface area contributed by atoms with E-state index in [1.807, 2.05) is 12.3 Å². The van der Waals surface area contributed by atoms with Crippen LogP contribution in [0.15, 0.2) is 23.6 Å². The minimum absolute atomic E-state index is 0.0828. The lowest BCUT2D eigenvalue weighted by atomic mass is 9.97. The third-order valence-corrected chi connectivity index (χ3v) is 4.07. The van der Waals surface area contributed by atoms with Gasteiger partial charge >= 0.3 is 0 Å². The fourth-order valence-electron chi connectivity index (χ4n) is 2.25. The highest BCUT2D eigenvalue weighted by molar-refractivity contribution is 7.15. The third-order valence-electron chi connectivity index (χ3n) is 3.25. The number of hydrogen-bond acceptors (Lipinski definition) is 3. The Morgan fingerprint density at radius 3 is 2.70 bits per heavy atom. The summed E-state index contributed by atoms with van der Waals surface area (Å²) < 4.78 is 0. The molecule has 106 valence electrons. The van der Waals surface area contributed by atoms with E-state index in [-0.39, 0.29) is 5.91 Å². The summed E-state index contributed by atoms with van der Waals surface area (Å²) >= 11 is 1.42. The van der Waals surface area contributed by atoms with Crippen LogP contribution in [0.5, 0.6) is 0 Å². The maximum Gasteiger partial charge on any atom is 0.254 e. The van der Waals surface area contributed by atoms with E-state index in [0.29, 0.717) is 17.1 Å². The van der Waals surface area contributed by atoms with Crippen molar-refractivity contribution in [3.05, 3.63) is 40.3 Å². The summed E-state index contributed by atoms with van der Waals surface area (Å²) in [6.45, 7) is 6.82. The van der Waals surface area contributed by atoms with Crippen LogP contribution in [-0.4, -0.2) is 12.5 Å². The standard InChI is InChI=1S/C16H20N2OS/c1-4-7-18-16(19)14-13(9-20-15(14)17)12-6-5-10(2)8-11(12)3/h5-6,8-9H,4,7,17H2,1-3H3,(H,18,19). The maximum atomic E-state index is 12.3. The predicted molar refractivity (Wildman–Crippen MR) is 86.3 cm³/mol. The zero-order valence-electron chi connectivity index (χ0n) is 12.1. The second-order valence-corrected chi connectivity index (χ2v) is 5.87. The maximum absolute atomic E-state index is 12.3. The summed E-state index contributed by atoms with van der Waals surface area (Å²) in [5.41, 5.74) is 11.0. The molecule has 3 nitrogen and oxygen atoms in total. The van der Waals surface area contributed by atoms with Gasteiger partial charge in [-0.25, -0.2) is 0 Å². The van der Waals surface area contributed by atoms with Gasteiger partial charge in [0.15, 0.2) is 0 Å². The van der Waals surface area contributed by atoms with Crippen LogP contribution in [0.25, 0.3) is 11.1 Å². The van der Waals surface area contributed by atoms with Crippen molar-refractivity contribution < 1.29 is 4.79 Å². The molecular formula is C16H20N2OS. The summed E-state index contributed by atoms with van der Waals surface area (Å²) in [5.74, 6) is -0.0828. The van der Waals surface area contributed by atoms with Crippen LogP contribution in [0.2, 0.25) is 0 Å². The molecule has 0 bridgehead atoms. The van der Waals surface area contributed by atoms with Crippen LogP contribution in [0.1, 0.15) is 34.8 Å². The van der Waals surface area contributed by atoms with Crippen LogP contribution in [0.3, 0.4) is 0 Å². The first-order valence-electron chi connectivity index (χ1n) is 6.77. The molecular weight excluding hydrogens is 268 g/mol. The zero-order valence-corrected chi connectivity index (χ0v) is 12.9. The third kappa shape index (κ3) is 2.85. The first-order valence-corrected chi connectivity index (χ1v) is 7.65. The number of nitrogens with one attached hydrogen (secondary N) is 1. The van der Waals surface area contributed by atoms with Gasteiger partial charge in [0.05, 0.1) is 10.6 Å². The van der Waals surface area contributed by atoms with Gasteiger partial charge < -0.3 is 11.1 Å². The Balaban J connectivity index is 2.45. The normalized spacial score (nSPS) is 10.6. The molecule has 4 heteroatoms. The second kappa shape index (κ2) is 6.09. The number of amides is 1. The highest BCUT2D eigenvalue weighted by Gasteiger charge is 2.19. The number of carbonyl (C=O) groups excluding carboxylic acids is 1. The molecule has 2 rings (SSSR count). The Labute approximate surface area is 123 Å². The van der Waals surface area contributed by atoms with Crippen LogP contribution in [-0.2, 0) is 0 Å². The van der Waals surface area contributed by atoms with E-state index < -0.39 is 0 Å². The quantitative estimate of drug-likeness (QED) is 0.900. The summed E-state index contributed by atoms with van der Waals surface area (Å²) in [7, 11) is 0. The van der Waals surface area contributed by atoms with Crippen LogP contribution in [0, 0.1) is 13.8 Å². The average Bonchev–Trinajstić information content (AvgIpc) is 2.78. The summed E-state index contributed by atoms with van der Waals surface area (Å²) in [6, 6.07) is 6.24. The lowest BCUT2D eigenvalue weighted by Gasteiger charge is -2.09. The number of anilines is 1. The largest absolute Gasteiger partial charge is 0.390 e. The molecule has 0 saturated heterocycles. The van der Waals surface area contributed by atoms with E-state index in [1.54, 1.807) is 0 Å². The zero-order chi connectivity index (χ0) is 14.7. The molecule has 0 spiro atoms. The average molecular weight is 288 g/mol. The minimum atomic E-state index is -0.0828. The first-order chi connectivity index (χ1) is 9.54. The predicted octanol–water partition coefficient (Wildman–Crippen LogP) is 3.75. The van der Waals surface area contributed by atoms with Crippen molar-refractivity contribution in [1.29, 1.82) is 0 Å². The van der Waals surface area contributed by atoms with E-state index in [9.17, 15) is 4.79 Å². The van der Waals surface area contributed by atoms with Gasteiger partial charge in [-0.05, 0) is 31.4 Å². The highest BCUT2D eigenvalue weighted by Crippen LogP contribution is 2.35. The SMILES string of the molecule is CCCNC(=O)c1c(-c2ccc(C)cc2C)csc1N. The van der Waals surface area contributed by atoms with Crippen LogP contribution < -0.4 is 11.1 Å². The number of carbonyl (C=O) groups is 1. The van der Waals surface area contributed by atoms with Gasteiger partial charge in [0.25, 0.3) is 5.91 Å². The number of rotatable bonds is 4. The summed E-state index contributed by atoms with van der Waals surface area (Å²) in [4.78, 5) is 12.3. The Kier molecular flexibility index (Phi) is 4.45. The minimum Gasteiger partial charge on any atom is -0.390 e. The molecule has 0 unspecified atom stereocenters. The molecule has 0 atom stereocenters. The molecule has 1 aromatic carbocycles. The first kappa shape index (κ1) is 14.6. The summed E-state index contributed by atoms with van der Waals surface area (Å²) in [6.07, 6.45) is 0.911. The second-order valence-electron chi connectivity index (χ2n) is 4.96. The number of nitrogens with two attached hydrogens (primary N) is 1. The number of benzene rings is 1. The Hall–Kier alpha value is -1.81. The van der Waals surface area contributed by atoms with Gasteiger partial charge in [-0.2, -0.15) is 0 Å². The van der Waals surface area contributed by atoms with Crippen LogP contribution in [0.4, 0.5) is 5.00 Å². The van der Waals surface area contributed by atoms with Crippen molar-refractivity contribution in [3.8, 4) is 11.1 Å². The fourth-order valence-corrected chi connectivity index (χ4v) is 3.06. The van der Waals surface area contributed by atoms with Gasteiger partial charge in [0.2, 0.25) is 0 Å². The van der Waals surface area contributed by atoms with E-state index in [4.69, 9.17) is 5.73 Å². The fraction of sp³-hybridized carbons (Fsp3) is 0.312.